The maximum absolute atomic E-state index is 13.3. The number of hydrogen-bond acceptors (Lipinski definition) is 4. The Bertz CT molecular complexity index is 551. The molecule has 17 heavy (non-hydrogen) atoms. The third-order valence-electron chi connectivity index (χ3n) is 1.85. The minimum absolute atomic E-state index is 0.281. The quantitative estimate of drug-likeness (QED) is 0.774. The van der Waals surface area contributed by atoms with E-state index in [1.54, 1.807) is 12.1 Å². The molecule has 1 rings (SSSR count). The molecule has 0 spiro atoms. The molecule has 2 N–H and O–H groups in total. The lowest BCUT2D eigenvalue weighted by atomic mass is 10.1. The van der Waals surface area contributed by atoms with Crippen LogP contribution in [0.4, 0.5) is 10.1 Å². The zero-order valence-electron chi connectivity index (χ0n) is 8.44. The van der Waals surface area contributed by atoms with E-state index in [1.807, 2.05) is 0 Å². The number of carboxylic acids is 1. The van der Waals surface area contributed by atoms with Gasteiger partial charge in [0.25, 0.3) is 0 Å². The van der Waals surface area contributed by atoms with Crippen LogP contribution in [0.25, 0.3) is 0 Å². The smallest absolute Gasteiger partial charge is 0.337 e. The number of benzene rings is 1. The Kier molecular flexibility index (Phi) is 3.80. The highest BCUT2D eigenvalue weighted by molar-refractivity contribution is 5.94. The SMILES string of the molecule is N#CC(C#N)=CNc1c(F)cccc1C(=O)O. The van der Waals surface area contributed by atoms with Crippen LogP contribution in [0.3, 0.4) is 0 Å². The van der Waals surface area contributed by atoms with E-state index in [-0.39, 0.29) is 16.8 Å². The highest BCUT2D eigenvalue weighted by Crippen LogP contribution is 2.20. The monoisotopic (exact) mass is 231 g/mol. The first kappa shape index (κ1) is 12.2. The number of carbonyl (C=O) groups is 1. The summed E-state index contributed by atoms with van der Waals surface area (Å²) in [5, 5.41) is 28.0. The van der Waals surface area contributed by atoms with Crippen LogP contribution in [0.5, 0.6) is 0 Å². The lowest BCUT2D eigenvalue weighted by molar-refractivity contribution is 0.0697. The number of carboxylic acid groups (broad SMARTS) is 1. The van der Waals surface area contributed by atoms with Crippen LogP contribution in [0, 0.1) is 28.5 Å². The van der Waals surface area contributed by atoms with Gasteiger partial charge in [0.15, 0.2) is 0 Å². The molecule has 0 atom stereocenters. The third-order valence-corrected chi connectivity index (χ3v) is 1.85. The van der Waals surface area contributed by atoms with Crippen molar-refractivity contribution in [2.45, 2.75) is 0 Å². The van der Waals surface area contributed by atoms with Crippen LogP contribution >= 0.6 is 0 Å². The average Bonchev–Trinajstić information content (AvgIpc) is 2.31. The lowest BCUT2D eigenvalue weighted by Gasteiger charge is -2.06. The molecule has 6 heteroatoms. The number of aromatic carboxylic acids is 1. The first-order valence-corrected chi connectivity index (χ1v) is 4.39. The van der Waals surface area contributed by atoms with Crippen LogP contribution in [0.15, 0.2) is 30.0 Å². The van der Waals surface area contributed by atoms with Gasteiger partial charge in [-0.25, -0.2) is 9.18 Å². The Labute approximate surface area is 96.0 Å². The van der Waals surface area contributed by atoms with Crippen molar-refractivity contribution in [3.63, 3.8) is 0 Å². The summed E-state index contributed by atoms with van der Waals surface area (Å²) in [6, 6.07) is 6.65. The zero-order valence-corrected chi connectivity index (χ0v) is 8.44. The van der Waals surface area contributed by atoms with Gasteiger partial charge in [0.05, 0.1) is 11.3 Å². The van der Waals surface area contributed by atoms with Crippen molar-refractivity contribution in [1.29, 1.82) is 10.5 Å². The predicted octanol–water partition coefficient (Wildman–Crippen LogP) is 1.87. The maximum atomic E-state index is 13.3. The summed E-state index contributed by atoms with van der Waals surface area (Å²) < 4.78 is 13.3. The second-order valence-corrected chi connectivity index (χ2v) is 2.89. The fourth-order valence-corrected chi connectivity index (χ4v) is 1.08. The standard InChI is InChI=1S/C11H6FN3O2/c12-9-3-1-2-8(11(16)17)10(9)15-6-7(4-13)5-14/h1-3,6,15H,(H,16,17). The molecule has 0 unspecified atom stereocenters. The number of nitrogens with zero attached hydrogens (tertiary/aromatic N) is 2. The first-order chi connectivity index (χ1) is 8.10. The topological polar surface area (TPSA) is 96.9 Å². The van der Waals surface area contributed by atoms with Crippen molar-refractivity contribution in [1.82, 2.24) is 0 Å². The summed E-state index contributed by atoms with van der Waals surface area (Å²) in [6.45, 7) is 0. The number of nitrogens with one attached hydrogen (secondary N) is 1. The summed E-state index contributed by atoms with van der Waals surface area (Å²) in [5.41, 5.74) is -0.857. The molecule has 0 amide bonds. The second kappa shape index (κ2) is 5.29. The van der Waals surface area contributed by atoms with E-state index < -0.39 is 11.8 Å². The molecule has 0 aromatic heterocycles. The van der Waals surface area contributed by atoms with Crippen LogP contribution < -0.4 is 5.32 Å². The van der Waals surface area contributed by atoms with E-state index in [0.29, 0.717) is 0 Å². The van der Waals surface area contributed by atoms with Crippen molar-refractivity contribution in [2.75, 3.05) is 5.32 Å². The fourth-order valence-electron chi connectivity index (χ4n) is 1.08. The molecular weight excluding hydrogens is 225 g/mol. The van der Waals surface area contributed by atoms with Crippen molar-refractivity contribution in [3.8, 4) is 12.1 Å². The molecule has 0 saturated heterocycles. The molecule has 0 fully saturated rings. The average molecular weight is 231 g/mol. The third kappa shape index (κ3) is 2.80. The van der Waals surface area contributed by atoms with Gasteiger partial charge in [-0.3, -0.25) is 0 Å². The first-order valence-electron chi connectivity index (χ1n) is 4.39. The number of halogens is 1. The van der Waals surface area contributed by atoms with E-state index >= 15 is 0 Å². The number of allylic oxidation sites excluding steroid dienone is 1. The highest BCUT2D eigenvalue weighted by atomic mass is 19.1. The minimum Gasteiger partial charge on any atom is -0.478 e. The fraction of sp³-hybridized carbons (Fsp3) is 0. The van der Waals surface area contributed by atoms with E-state index in [2.05, 4.69) is 5.32 Å². The minimum atomic E-state index is -1.31. The number of nitriles is 2. The van der Waals surface area contributed by atoms with Gasteiger partial charge in [0.2, 0.25) is 0 Å². The van der Waals surface area contributed by atoms with Crippen molar-refractivity contribution in [2.24, 2.45) is 0 Å². The van der Waals surface area contributed by atoms with Crippen molar-refractivity contribution in [3.05, 3.63) is 41.4 Å². The Hall–Kier alpha value is -2.86. The molecule has 0 aliphatic heterocycles. The van der Waals surface area contributed by atoms with Crippen LogP contribution in [-0.4, -0.2) is 11.1 Å². The Morgan fingerprint density at radius 3 is 2.59 bits per heavy atom. The van der Waals surface area contributed by atoms with Crippen LogP contribution in [0.2, 0.25) is 0 Å². The van der Waals surface area contributed by atoms with E-state index in [0.717, 1.165) is 12.3 Å². The van der Waals surface area contributed by atoms with Gasteiger partial charge < -0.3 is 10.4 Å². The van der Waals surface area contributed by atoms with E-state index in [9.17, 15) is 9.18 Å². The van der Waals surface area contributed by atoms with E-state index in [4.69, 9.17) is 15.6 Å². The van der Waals surface area contributed by atoms with Gasteiger partial charge in [0.1, 0.15) is 23.5 Å². The maximum Gasteiger partial charge on any atom is 0.337 e. The number of anilines is 1. The zero-order chi connectivity index (χ0) is 12.8. The van der Waals surface area contributed by atoms with Gasteiger partial charge in [-0.2, -0.15) is 10.5 Å². The summed E-state index contributed by atoms with van der Waals surface area (Å²) in [4.78, 5) is 10.8. The molecular formula is C11H6FN3O2. The molecule has 0 radical (unpaired) electrons. The second-order valence-electron chi connectivity index (χ2n) is 2.89. The summed E-state index contributed by atoms with van der Waals surface area (Å²) in [7, 11) is 0. The molecule has 0 saturated carbocycles. The molecule has 0 aliphatic carbocycles. The molecule has 1 aromatic carbocycles. The number of para-hydroxylation sites is 1. The Morgan fingerprint density at radius 2 is 2.06 bits per heavy atom. The Morgan fingerprint density at radius 1 is 1.41 bits per heavy atom. The van der Waals surface area contributed by atoms with Crippen LogP contribution in [0.1, 0.15) is 10.4 Å². The van der Waals surface area contributed by atoms with Gasteiger partial charge in [-0.1, -0.05) is 6.07 Å². The van der Waals surface area contributed by atoms with Gasteiger partial charge in [-0.05, 0) is 12.1 Å². The number of rotatable bonds is 3. The van der Waals surface area contributed by atoms with Gasteiger partial charge in [-0.15, -0.1) is 0 Å². The predicted molar refractivity (Wildman–Crippen MR) is 56.3 cm³/mol. The Balaban J connectivity index is 3.16. The summed E-state index contributed by atoms with van der Waals surface area (Å²) in [5.74, 6) is -2.09. The normalized spacial score (nSPS) is 8.65. The van der Waals surface area contributed by atoms with Crippen molar-refractivity contribution < 1.29 is 14.3 Å². The molecule has 84 valence electrons. The number of hydrogen-bond donors (Lipinski definition) is 2. The highest BCUT2D eigenvalue weighted by Gasteiger charge is 2.13. The van der Waals surface area contributed by atoms with Crippen molar-refractivity contribution >= 4 is 11.7 Å². The largest absolute Gasteiger partial charge is 0.478 e. The summed E-state index contributed by atoms with van der Waals surface area (Å²) >= 11 is 0. The molecule has 5 nitrogen and oxygen atoms in total. The molecule has 0 aliphatic rings. The molecule has 0 heterocycles. The molecule has 1 aromatic rings. The van der Waals surface area contributed by atoms with E-state index in [1.165, 1.54) is 12.1 Å². The van der Waals surface area contributed by atoms with Crippen LogP contribution in [-0.2, 0) is 0 Å². The summed E-state index contributed by atoms with van der Waals surface area (Å²) in [6.07, 6.45) is 0.949. The van der Waals surface area contributed by atoms with Gasteiger partial charge >= 0.3 is 5.97 Å². The lowest BCUT2D eigenvalue weighted by Crippen LogP contribution is -2.04. The van der Waals surface area contributed by atoms with Gasteiger partial charge in [0, 0.05) is 6.20 Å². The molecule has 0 bridgehead atoms.